The van der Waals surface area contributed by atoms with Crippen LogP contribution in [0.2, 0.25) is 0 Å². The van der Waals surface area contributed by atoms with Crippen molar-refractivity contribution in [3.63, 3.8) is 0 Å². The van der Waals surface area contributed by atoms with Crippen LogP contribution in [0.5, 0.6) is 0 Å². The Labute approximate surface area is 106 Å². The molecule has 0 aliphatic heterocycles. The number of allylic oxidation sites excluding steroid dienone is 1. The van der Waals surface area contributed by atoms with E-state index in [2.05, 4.69) is 49.6 Å². The summed E-state index contributed by atoms with van der Waals surface area (Å²) in [5.74, 6) is 1.12. The van der Waals surface area contributed by atoms with Gasteiger partial charge in [-0.15, -0.1) is 22.9 Å². The lowest BCUT2D eigenvalue weighted by Gasteiger charge is -2.06. The third-order valence-corrected chi connectivity index (χ3v) is 4.04. The monoisotopic (exact) mass is 250 g/mol. The van der Waals surface area contributed by atoms with Crippen LogP contribution in [0.3, 0.4) is 0 Å². The number of fused-ring (bicyclic) bond motifs is 1. The van der Waals surface area contributed by atoms with E-state index in [1.165, 1.54) is 21.2 Å². The van der Waals surface area contributed by atoms with Crippen molar-refractivity contribution in [2.45, 2.75) is 13.8 Å². The molecule has 16 heavy (non-hydrogen) atoms. The summed E-state index contributed by atoms with van der Waals surface area (Å²) in [5, 5.41) is 3.54. The fourth-order valence-corrected chi connectivity index (χ4v) is 2.97. The summed E-state index contributed by atoms with van der Waals surface area (Å²) in [6, 6.07) is 8.50. The summed E-state index contributed by atoms with van der Waals surface area (Å²) in [7, 11) is 0. The van der Waals surface area contributed by atoms with E-state index in [-0.39, 0.29) is 0 Å². The molecule has 0 N–H and O–H groups in total. The fourth-order valence-electron chi connectivity index (χ4n) is 1.67. The summed E-state index contributed by atoms with van der Waals surface area (Å²) in [4.78, 5) is 0. The zero-order valence-corrected chi connectivity index (χ0v) is 11.1. The molecular weight excluding hydrogens is 236 g/mol. The summed E-state index contributed by atoms with van der Waals surface area (Å²) in [6.45, 7) is 4.37. The Morgan fingerprint density at radius 2 is 2.12 bits per heavy atom. The first-order valence-electron chi connectivity index (χ1n) is 5.45. The maximum absolute atomic E-state index is 5.97. The highest BCUT2D eigenvalue weighted by Crippen LogP contribution is 2.28. The Morgan fingerprint density at radius 1 is 1.38 bits per heavy atom. The standard InChI is InChI=1S/C14H15ClS/c1-10(2)11(8-15)7-12-9-16-14-6-4-3-5-13(12)14/h3-7,9-10H,8H2,1-2H3. The zero-order valence-electron chi connectivity index (χ0n) is 9.53. The van der Waals surface area contributed by atoms with Gasteiger partial charge in [-0.25, -0.2) is 0 Å². The van der Waals surface area contributed by atoms with Gasteiger partial charge in [0, 0.05) is 10.6 Å². The van der Waals surface area contributed by atoms with Crippen LogP contribution in [-0.4, -0.2) is 5.88 Å². The summed E-state index contributed by atoms with van der Waals surface area (Å²) < 4.78 is 1.34. The Bertz CT molecular complexity index is 508. The van der Waals surface area contributed by atoms with Gasteiger partial charge in [-0.1, -0.05) is 43.7 Å². The molecule has 2 heteroatoms. The molecule has 0 saturated heterocycles. The number of benzene rings is 1. The minimum atomic E-state index is 0.510. The predicted octanol–water partition coefficient (Wildman–Crippen LogP) is 5.18. The van der Waals surface area contributed by atoms with Crippen LogP contribution in [-0.2, 0) is 0 Å². The maximum Gasteiger partial charge on any atom is 0.0439 e. The van der Waals surface area contributed by atoms with Gasteiger partial charge in [0.2, 0.25) is 0 Å². The molecule has 0 spiro atoms. The van der Waals surface area contributed by atoms with E-state index in [1.54, 1.807) is 11.3 Å². The lowest BCUT2D eigenvalue weighted by atomic mass is 10.0. The molecule has 0 atom stereocenters. The van der Waals surface area contributed by atoms with Gasteiger partial charge in [-0.05, 0) is 28.3 Å². The molecule has 0 unspecified atom stereocenters. The van der Waals surface area contributed by atoms with Crippen molar-refractivity contribution >= 4 is 39.1 Å². The summed E-state index contributed by atoms with van der Waals surface area (Å²) >= 11 is 7.76. The van der Waals surface area contributed by atoms with Gasteiger partial charge >= 0.3 is 0 Å². The van der Waals surface area contributed by atoms with Crippen LogP contribution in [0, 0.1) is 5.92 Å². The summed E-state index contributed by atoms with van der Waals surface area (Å²) in [5.41, 5.74) is 2.59. The minimum Gasteiger partial charge on any atom is -0.143 e. The maximum atomic E-state index is 5.97. The van der Waals surface area contributed by atoms with Gasteiger partial charge in [0.25, 0.3) is 0 Å². The number of halogens is 1. The van der Waals surface area contributed by atoms with Gasteiger partial charge in [-0.2, -0.15) is 0 Å². The second-order valence-corrected chi connectivity index (χ2v) is 5.37. The fraction of sp³-hybridized carbons (Fsp3) is 0.286. The molecule has 1 aromatic heterocycles. The van der Waals surface area contributed by atoms with E-state index >= 15 is 0 Å². The minimum absolute atomic E-state index is 0.510. The number of hydrogen-bond acceptors (Lipinski definition) is 1. The van der Waals surface area contributed by atoms with Crippen LogP contribution in [0.4, 0.5) is 0 Å². The second-order valence-electron chi connectivity index (χ2n) is 4.19. The van der Waals surface area contributed by atoms with Gasteiger partial charge in [-0.3, -0.25) is 0 Å². The molecule has 2 aromatic rings. The van der Waals surface area contributed by atoms with E-state index in [0.29, 0.717) is 11.8 Å². The zero-order chi connectivity index (χ0) is 11.5. The second kappa shape index (κ2) is 5.03. The third kappa shape index (κ3) is 2.31. The lowest BCUT2D eigenvalue weighted by Crippen LogP contribution is -1.94. The van der Waals surface area contributed by atoms with Crippen molar-refractivity contribution in [1.82, 2.24) is 0 Å². The number of hydrogen-bond donors (Lipinski definition) is 0. The van der Waals surface area contributed by atoms with E-state index < -0.39 is 0 Å². The molecular formula is C14H15ClS. The van der Waals surface area contributed by atoms with Crippen LogP contribution < -0.4 is 0 Å². The molecule has 0 amide bonds. The summed E-state index contributed by atoms with van der Waals surface area (Å²) in [6.07, 6.45) is 2.23. The van der Waals surface area contributed by atoms with E-state index in [0.717, 1.165) is 0 Å². The van der Waals surface area contributed by atoms with Crippen molar-refractivity contribution in [2.75, 3.05) is 5.88 Å². The highest BCUT2D eigenvalue weighted by Gasteiger charge is 2.05. The molecule has 2 rings (SSSR count). The van der Waals surface area contributed by atoms with Crippen LogP contribution >= 0.6 is 22.9 Å². The highest BCUT2D eigenvalue weighted by atomic mass is 35.5. The lowest BCUT2D eigenvalue weighted by molar-refractivity contribution is 0.778. The highest BCUT2D eigenvalue weighted by molar-refractivity contribution is 7.17. The van der Waals surface area contributed by atoms with Gasteiger partial charge in [0.1, 0.15) is 0 Å². The number of thiophene rings is 1. The van der Waals surface area contributed by atoms with Crippen molar-refractivity contribution in [3.8, 4) is 0 Å². The molecule has 0 bridgehead atoms. The van der Waals surface area contributed by atoms with Crippen molar-refractivity contribution in [2.24, 2.45) is 5.92 Å². The van der Waals surface area contributed by atoms with E-state index in [4.69, 9.17) is 11.6 Å². The quantitative estimate of drug-likeness (QED) is 0.659. The molecule has 0 saturated carbocycles. The first-order chi connectivity index (χ1) is 7.72. The smallest absolute Gasteiger partial charge is 0.0439 e. The normalized spacial score (nSPS) is 12.6. The van der Waals surface area contributed by atoms with Gasteiger partial charge < -0.3 is 0 Å². The van der Waals surface area contributed by atoms with Gasteiger partial charge in [0.15, 0.2) is 0 Å². The molecule has 84 valence electrons. The Morgan fingerprint density at radius 3 is 2.81 bits per heavy atom. The number of alkyl halides is 1. The number of rotatable bonds is 3. The predicted molar refractivity (Wildman–Crippen MR) is 75.4 cm³/mol. The van der Waals surface area contributed by atoms with Gasteiger partial charge in [0.05, 0.1) is 0 Å². The third-order valence-electron chi connectivity index (χ3n) is 2.75. The average molecular weight is 251 g/mol. The first kappa shape index (κ1) is 11.7. The first-order valence-corrected chi connectivity index (χ1v) is 6.86. The van der Waals surface area contributed by atoms with E-state index in [9.17, 15) is 0 Å². The molecule has 1 heterocycles. The SMILES string of the molecule is CC(C)C(=Cc1csc2ccccc12)CCl. The Hall–Kier alpha value is -0.790. The Balaban J connectivity index is 2.48. The molecule has 1 aromatic carbocycles. The van der Waals surface area contributed by atoms with Crippen molar-refractivity contribution in [1.29, 1.82) is 0 Å². The van der Waals surface area contributed by atoms with Crippen molar-refractivity contribution < 1.29 is 0 Å². The largest absolute Gasteiger partial charge is 0.143 e. The molecule has 0 aliphatic carbocycles. The van der Waals surface area contributed by atoms with Crippen LogP contribution in [0.15, 0.2) is 35.2 Å². The Kier molecular flexibility index (Phi) is 3.67. The van der Waals surface area contributed by atoms with Crippen LogP contribution in [0.1, 0.15) is 19.4 Å². The topological polar surface area (TPSA) is 0 Å². The van der Waals surface area contributed by atoms with Crippen LogP contribution in [0.25, 0.3) is 16.2 Å². The molecule has 0 aliphatic rings. The molecule has 0 nitrogen and oxygen atoms in total. The molecule has 0 fully saturated rings. The molecule has 0 radical (unpaired) electrons. The van der Waals surface area contributed by atoms with Crippen molar-refractivity contribution in [3.05, 3.63) is 40.8 Å². The average Bonchev–Trinajstić information content (AvgIpc) is 2.69. The van der Waals surface area contributed by atoms with E-state index in [1.807, 2.05) is 0 Å².